The molecule has 150 valence electrons. The Hall–Kier alpha value is -2.79. The molecule has 0 radical (unpaired) electrons. The highest BCUT2D eigenvalue weighted by Crippen LogP contribution is 2.31. The van der Waals surface area contributed by atoms with Crippen molar-refractivity contribution in [2.24, 2.45) is 7.05 Å². The van der Waals surface area contributed by atoms with E-state index in [-0.39, 0.29) is 12.0 Å². The van der Waals surface area contributed by atoms with Gasteiger partial charge in [0.1, 0.15) is 11.9 Å². The number of nitrogens with zero attached hydrogens (tertiary/aromatic N) is 2. The number of amides is 1. The maximum atomic E-state index is 13.1. The second-order valence-corrected chi connectivity index (χ2v) is 7.96. The molecule has 1 atom stereocenters. The summed E-state index contributed by atoms with van der Waals surface area (Å²) in [7, 11) is 2.04. The summed E-state index contributed by atoms with van der Waals surface area (Å²) in [6, 6.07) is 16.4. The van der Waals surface area contributed by atoms with E-state index < -0.39 is 6.10 Å². The van der Waals surface area contributed by atoms with E-state index in [1.807, 2.05) is 42.3 Å². The normalized spacial score (nSPS) is 19.9. The number of rotatable bonds is 3. The van der Waals surface area contributed by atoms with Gasteiger partial charge in [0.15, 0.2) is 6.10 Å². The monoisotopic (exact) mass is 390 g/mol. The molecular formula is C24H26N2O3. The number of hydrogen-bond donors (Lipinski definition) is 0. The minimum Gasteiger partial charge on any atom is -0.490 e. The number of likely N-dealkylation sites (tertiary alicyclic amines) is 1. The fraction of sp³-hybridized carbons (Fsp3) is 0.375. The number of carbonyl (C=O) groups excluding carboxylic acids is 1. The molecule has 5 rings (SSSR count). The Morgan fingerprint density at radius 1 is 1.07 bits per heavy atom. The maximum absolute atomic E-state index is 13.1. The van der Waals surface area contributed by atoms with E-state index in [0.717, 1.165) is 36.0 Å². The summed E-state index contributed by atoms with van der Waals surface area (Å²) in [4.78, 5) is 15.1. The van der Waals surface area contributed by atoms with Gasteiger partial charge >= 0.3 is 0 Å². The highest BCUT2D eigenvalue weighted by atomic mass is 16.5. The van der Waals surface area contributed by atoms with Gasteiger partial charge in [-0.1, -0.05) is 30.3 Å². The first kappa shape index (κ1) is 18.3. The summed E-state index contributed by atoms with van der Waals surface area (Å²) in [5.74, 6) is 1.01. The Morgan fingerprint density at radius 3 is 2.76 bits per heavy atom. The van der Waals surface area contributed by atoms with Crippen LogP contribution < -0.4 is 4.74 Å². The highest BCUT2D eigenvalue weighted by molar-refractivity contribution is 5.86. The Labute approximate surface area is 170 Å². The van der Waals surface area contributed by atoms with Crippen LogP contribution in [0.15, 0.2) is 54.7 Å². The van der Waals surface area contributed by atoms with Gasteiger partial charge in [-0.3, -0.25) is 4.79 Å². The molecule has 0 bridgehead atoms. The highest BCUT2D eigenvalue weighted by Gasteiger charge is 2.33. The second-order valence-electron chi connectivity index (χ2n) is 7.96. The third kappa shape index (κ3) is 3.40. The Balaban J connectivity index is 1.24. The lowest BCUT2D eigenvalue weighted by atomic mass is 9.96. The zero-order valence-corrected chi connectivity index (χ0v) is 16.7. The van der Waals surface area contributed by atoms with Gasteiger partial charge in [0.05, 0.1) is 12.1 Å². The van der Waals surface area contributed by atoms with Crippen LogP contribution in [0, 0.1) is 0 Å². The van der Waals surface area contributed by atoms with E-state index in [4.69, 9.17) is 9.47 Å². The van der Waals surface area contributed by atoms with Gasteiger partial charge in [-0.25, -0.2) is 0 Å². The molecule has 2 aliphatic heterocycles. The first-order chi connectivity index (χ1) is 14.2. The molecule has 5 heteroatoms. The molecule has 5 nitrogen and oxygen atoms in total. The fourth-order valence-electron chi connectivity index (χ4n) is 4.51. The summed E-state index contributed by atoms with van der Waals surface area (Å²) in [6.07, 6.45) is 4.27. The average molecular weight is 390 g/mol. The first-order valence-corrected chi connectivity index (χ1v) is 10.4. The van der Waals surface area contributed by atoms with E-state index in [9.17, 15) is 4.79 Å². The molecule has 1 saturated heterocycles. The molecular weight excluding hydrogens is 364 g/mol. The van der Waals surface area contributed by atoms with Crippen LogP contribution in [-0.2, 0) is 23.0 Å². The molecule has 1 aromatic heterocycles. The predicted octanol–water partition coefficient (Wildman–Crippen LogP) is 3.86. The molecule has 3 heterocycles. The van der Waals surface area contributed by atoms with Crippen molar-refractivity contribution in [2.45, 2.75) is 31.5 Å². The van der Waals surface area contributed by atoms with Crippen molar-refractivity contribution in [3.63, 3.8) is 0 Å². The molecule has 1 amide bonds. The summed E-state index contributed by atoms with van der Waals surface area (Å²) in [5, 5.41) is 1.14. The third-order valence-corrected chi connectivity index (χ3v) is 6.15. The second kappa shape index (κ2) is 7.56. The minimum absolute atomic E-state index is 0.0840. The number of benzene rings is 2. The largest absolute Gasteiger partial charge is 0.490 e. The zero-order chi connectivity index (χ0) is 19.8. The van der Waals surface area contributed by atoms with Crippen LogP contribution >= 0.6 is 0 Å². The van der Waals surface area contributed by atoms with Crippen LogP contribution in [0.4, 0.5) is 0 Å². The predicted molar refractivity (Wildman–Crippen MR) is 112 cm³/mol. The van der Waals surface area contributed by atoms with Crippen molar-refractivity contribution in [1.29, 1.82) is 0 Å². The van der Waals surface area contributed by atoms with E-state index in [0.29, 0.717) is 19.7 Å². The number of carbonyl (C=O) groups is 1. The number of fused-ring (bicyclic) bond motifs is 2. The lowest BCUT2D eigenvalue weighted by Gasteiger charge is -2.35. The third-order valence-electron chi connectivity index (χ3n) is 6.15. The molecule has 0 N–H and O–H groups in total. The van der Waals surface area contributed by atoms with Crippen LogP contribution in [0.5, 0.6) is 5.75 Å². The topological polar surface area (TPSA) is 43.7 Å². The van der Waals surface area contributed by atoms with Gasteiger partial charge in [-0.15, -0.1) is 0 Å². The molecule has 1 unspecified atom stereocenters. The molecule has 2 aromatic carbocycles. The van der Waals surface area contributed by atoms with Gasteiger partial charge in [0.2, 0.25) is 0 Å². The van der Waals surface area contributed by atoms with Gasteiger partial charge in [0, 0.05) is 44.6 Å². The number of piperidine rings is 1. The number of aromatic nitrogens is 1. The molecule has 0 aliphatic carbocycles. The van der Waals surface area contributed by atoms with Crippen molar-refractivity contribution in [3.05, 3.63) is 65.9 Å². The van der Waals surface area contributed by atoms with Crippen molar-refractivity contribution in [1.82, 2.24) is 9.47 Å². The van der Waals surface area contributed by atoms with Crippen LogP contribution in [-0.4, -0.2) is 41.2 Å². The Morgan fingerprint density at radius 2 is 1.90 bits per heavy atom. The molecule has 0 spiro atoms. The molecule has 0 saturated carbocycles. The molecule has 29 heavy (non-hydrogen) atoms. The number of aryl methyl sites for hydroxylation is 1. The van der Waals surface area contributed by atoms with Gasteiger partial charge < -0.3 is 18.9 Å². The molecule has 2 aliphatic rings. The van der Waals surface area contributed by atoms with E-state index >= 15 is 0 Å². The van der Waals surface area contributed by atoms with E-state index in [1.54, 1.807) is 0 Å². The molecule has 1 fully saturated rings. The summed E-state index contributed by atoms with van der Waals surface area (Å²) in [6.45, 7) is 2.01. The standard InChI is InChI=1S/C24H26N2O3/c1-25-13-11-20-21(25)7-4-8-22(20)29-18-9-14-26(15-10-18)24(27)23-19-6-3-2-5-17(19)12-16-28-23/h2-8,11,13,18,23H,9-10,12,14-16H2,1H3. The van der Waals surface area contributed by atoms with Gasteiger partial charge in [-0.2, -0.15) is 0 Å². The van der Waals surface area contributed by atoms with Crippen LogP contribution in [0.25, 0.3) is 10.9 Å². The lowest BCUT2D eigenvalue weighted by molar-refractivity contribution is -0.147. The van der Waals surface area contributed by atoms with E-state index in [2.05, 4.69) is 29.0 Å². The maximum Gasteiger partial charge on any atom is 0.256 e. The average Bonchev–Trinajstić information content (AvgIpc) is 3.15. The Kier molecular flexibility index (Phi) is 4.76. The van der Waals surface area contributed by atoms with Crippen molar-refractivity contribution in [3.8, 4) is 5.75 Å². The lowest BCUT2D eigenvalue weighted by Crippen LogP contribution is -2.45. The van der Waals surface area contributed by atoms with E-state index in [1.165, 1.54) is 11.1 Å². The quantitative estimate of drug-likeness (QED) is 0.682. The van der Waals surface area contributed by atoms with Crippen LogP contribution in [0.3, 0.4) is 0 Å². The smallest absolute Gasteiger partial charge is 0.256 e. The fourth-order valence-corrected chi connectivity index (χ4v) is 4.51. The van der Waals surface area contributed by atoms with Gasteiger partial charge in [0.25, 0.3) is 5.91 Å². The Bertz CT molecular complexity index is 1030. The summed E-state index contributed by atoms with van der Waals surface area (Å²) >= 11 is 0. The van der Waals surface area contributed by atoms with Crippen molar-refractivity contribution >= 4 is 16.8 Å². The van der Waals surface area contributed by atoms with Crippen LogP contribution in [0.1, 0.15) is 30.1 Å². The van der Waals surface area contributed by atoms with Crippen molar-refractivity contribution in [2.75, 3.05) is 19.7 Å². The summed E-state index contributed by atoms with van der Waals surface area (Å²) < 4.78 is 14.3. The summed E-state index contributed by atoms with van der Waals surface area (Å²) in [5.41, 5.74) is 3.42. The first-order valence-electron chi connectivity index (χ1n) is 10.4. The number of ether oxygens (including phenoxy) is 2. The minimum atomic E-state index is -0.463. The number of hydrogen-bond acceptors (Lipinski definition) is 3. The zero-order valence-electron chi connectivity index (χ0n) is 16.7. The van der Waals surface area contributed by atoms with Crippen molar-refractivity contribution < 1.29 is 14.3 Å². The molecule has 3 aromatic rings. The van der Waals surface area contributed by atoms with Gasteiger partial charge in [-0.05, 0) is 35.7 Å². The van der Waals surface area contributed by atoms with Crippen LogP contribution in [0.2, 0.25) is 0 Å². The SMILES string of the molecule is Cn1ccc2c(OC3CCN(C(=O)C4OCCc5ccccc54)CC3)cccc21.